The summed E-state index contributed by atoms with van der Waals surface area (Å²) in [5.41, 5.74) is 7.32. The van der Waals surface area contributed by atoms with E-state index in [-0.39, 0.29) is 6.03 Å². The Morgan fingerprint density at radius 3 is 2.24 bits per heavy atom. The van der Waals surface area contributed by atoms with Crippen molar-refractivity contribution in [3.05, 3.63) is 58.9 Å². The number of aryl methyl sites for hydroxylation is 4. The van der Waals surface area contributed by atoms with Crippen molar-refractivity contribution in [2.75, 3.05) is 17.3 Å². The molecule has 2 amide bonds. The normalized spacial score (nSPS) is 10.8. The first-order valence-electron chi connectivity index (χ1n) is 8.22. The molecule has 0 fully saturated rings. The van der Waals surface area contributed by atoms with Crippen LogP contribution < -0.4 is 10.2 Å². The lowest BCUT2D eigenvalue weighted by Crippen LogP contribution is -2.31. The molecule has 0 saturated heterocycles. The van der Waals surface area contributed by atoms with Crippen LogP contribution in [0.5, 0.6) is 0 Å². The molecule has 128 valence electrons. The first-order chi connectivity index (χ1) is 11.8. The smallest absolute Gasteiger partial charge is 0.307 e. The first-order valence-corrected chi connectivity index (χ1v) is 8.22. The Bertz CT molecular complexity index is 965. The van der Waals surface area contributed by atoms with Gasteiger partial charge in [-0.05, 0) is 69.2 Å². The van der Waals surface area contributed by atoms with Gasteiger partial charge in [0.25, 0.3) is 0 Å². The Labute approximate surface area is 147 Å². The minimum Gasteiger partial charge on any atom is -0.307 e. The van der Waals surface area contributed by atoms with Crippen LogP contribution in [-0.4, -0.2) is 23.0 Å². The van der Waals surface area contributed by atoms with Crippen LogP contribution in [0.25, 0.3) is 11.0 Å². The van der Waals surface area contributed by atoms with Crippen LogP contribution in [0.3, 0.4) is 0 Å². The van der Waals surface area contributed by atoms with Crippen molar-refractivity contribution < 1.29 is 4.79 Å². The van der Waals surface area contributed by atoms with Gasteiger partial charge in [0.1, 0.15) is 0 Å². The Morgan fingerprint density at radius 2 is 1.56 bits per heavy atom. The van der Waals surface area contributed by atoms with Crippen LogP contribution >= 0.6 is 0 Å². The van der Waals surface area contributed by atoms with Crippen LogP contribution in [-0.2, 0) is 0 Å². The maximum Gasteiger partial charge on any atom is 0.326 e. The number of carbonyl (C=O) groups is 1. The van der Waals surface area contributed by atoms with E-state index in [0.29, 0.717) is 5.69 Å². The van der Waals surface area contributed by atoms with E-state index in [4.69, 9.17) is 0 Å². The van der Waals surface area contributed by atoms with E-state index < -0.39 is 0 Å². The van der Waals surface area contributed by atoms with Crippen LogP contribution in [0, 0.1) is 27.7 Å². The topological polar surface area (TPSA) is 58.1 Å². The fourth-order valence-electron chi connectivity index (χ4n) is 2.57. The van der Waals surface area contributed by atoms with E-state index in [0.717, 1.165) is 33.7 Å². The zero-order valence-corrected chi connectivity index (χ0v) is 15.2. The summed E-state index contributed by atoms with van der Waals surface area (Å²) in [6, 6.07) is 11.3. The SMILES string of the molecule is Cc1ccc(N(C)C(=O)Nc2ccc3nc(C)c(C)nc3c2)cc1C. The fourth-order valence-corrected chi connectivity index (χ4v) is 2.57. The highest BCUT2D eigenvalue weighted by atomic mass is 16.2. The van der Waals surface area contributed by atoms with Crippen LogP contribution in [0.4, 0.5) is 16.2 Å². The number of anilines is 2. The van der Waals surface area contributed by atoms with Crippen LogP contribution in [0.15, 0.2) is 36.4 Å². The van der Waals surface area contributed by atoms with Gasteiger partial charge in [-0.3, -0.25) is 4.90 Å². The molecule has 0 spiro atoms. The number of nitrogens with one attached hydrogen (secondary N) is 1. The fraction of sp³-hybridized carbons (Fsp3) is 0.250. The van der Waals surface area contributed by atoms with Gasteiger partial charge in [-0.1, -0.05) is 6.07 Å². The molecule has 0 saturated carbocycles. The molecule has 0 aliphatic carbocycles. The zero-order valence-electron chi connectivity index (χ0n) is 15.2. The average Bonchev–Trinajstić information content (AvgIpc) is 2.58. The van der Waals surface area contributed by atoms with E-state index >= 15 is 0 Å². The Morgan fingerprint density at radius 1 is 0.880 bits per heavy atom. The van der Waals surface area contributed by atoms with Gasteiger partial charge in [0.05, 0.1) is 22.4 Å². The molecular weight excluding hydrogens is 312 g/mol. The number of fused-ring (bicyclic) bond motifs is 1. The molecule has 25 heavy (non-hydrogen) atoms. The molecule has 0 radical (unpaired) electrons. The second kappa shape index (κ2) is 6.51. The minimum absolute atomic E-state index is 0.195. The molecule has 0 unspecified atom stereocenters. The van der Waals surface area contributed by atoms with Crippen molar-refractivity contribution in [2.24, 2.45) is 0 Å². The lowest BCUT2D eigenvalue weighted by molar-refractivity contribution is 0.258. The lowest BCUT2D eigenvalue weighted by atomic mass is 10.1. The largest absolute Gasteiger partial charge is 0.326 e. The van der Waals surface area contributed by atoms with Gasteiger partial charge < -0.3 is 5.32 Å². The van der Waals surface area contributed by atoms with E-state index in [9.17, 15) is 4.79 Å². The highest BCUT2D eigenvalue weighted by molar-refractivity contribution is 6.02. The van der Waals surface area contributed by atoms with E-state index in [1.54, 1.807) is 11.9 Å². The quantitative estimate of drug-likeness (QED) is 0.749. The number of hydrogen-bond acceptors (Lipinski definition) is 3. The summed E-state index contributed by atoms with van der Waals surface area (Å²) in [6.07, 6.45) is 0. The molecule has 3 aromatic rings. The third kappa shape index (κ3) is 3.45. The lowest BCUT2D eigenvalue weighted by Gasteiger charge is -2.19. The maximum atomic E-state index is 12.5. The van der Waals surface area contributed by atoms with E-state index in [1.807, 2.05) is 57.2 Å². The van der Waals surface area contributed by atoms with Crippen molar-refractivity contribution in [1.29, 1.82) is 0 Å². The molecule has 1 N–H and O–H groups in total. The average molecular weight is 334 g/mol. The monoisotopic (exact) mass is 334 g/mol. The predicted molar refractivity (Wildman–Crippen MR) is 102 cm³/mol. The number of amides is 2. The van der Waals surface area contributed by atoms with Gasteiger partial charge in [-0.15, -0.1) is 0 Å². The summed E-state index contributed by atoms with van der Waals surface area (Å²) >= 11 is 0. The van der Waals surface area contributed by atoms with Gasteiger partial charge in [0, 0.05) is 18.4 Å². The third-order valence-corrected chi connectivity index (χ3v) is 4.51. The number of hydrogen-bond donors (Lipinski definition) is 1. The molecule has 5 heteroatoms. The summed E-state index contributed by atoms with van der Waals surface area (Å²) in [6.45, 7) is 7.96. The van der Waals surface area contributed by atoms with Crippen molar-refractivity contribution in [3.63, 3.8) is 0 Å². The second-order valence-electron chi connectivity index (χ2n) is 6.36. The van der Waals surface area contributed by atoms with Gasteiger partial charge in [0.15, 0.2) is 0 Å². The number of benzene rings is 2. The van der Waals surface area contributed by atoms with Gasteiger partial charge in [0.2, 0.25) is 0 Å². The predicted octanol–water partition coefficient (Wildman–Crippen LogP) is 4.53. The first kappa shape index (κ1) is 16.9. The van der Waals surface area contributed by atoms with Crippen molar-refractivity contribution >= 4 is 28.4 Å². The molecular formula is C20H22N4O. The Hall–Kier alpha value is -2.95. The minimum atomic E-state index is -0.195. The maximum absolute atomic E-state index is 12.5. The number of urea groups is 1. The van der Waals surface area contributed by atoms with E-state index in [1.165, 1.54) is 5.56 Å². The zero-order chi connectivity index (χ0) is 18.1. The molecule has 1 heterocycles. The second-order valence-corrected chi connectivity index (χ2v) is 6.36. The molecule has 0 bridgehead atoms. The highest BCUT2D eigenvalue weighted by Crippen LogP contribution is 2.21. The number of rotatable bonds is 2. The summed E-state index contributed by atoms with van der Waals surface area (Å²) in [7, 11) is 1.76. The molecule has 3 rings (SSSR count). The van der Waals surface area contributed by atoms with Crippen molar-refractivity contribution in [1.82, 2.24) is 9.97 Å². The van der Waals surface area contributed by atoms with Gasteiger partial charge >= 0.3 is 6.03 Å². The van der Waals surface area contributed by atoms with Crippen molar-refractivity contribution in [3.8, 4) is 0 Å². The number of aromatic nitrogens is 2. The van der Waals surface area contributed by atoms with Crippen LogP contribution in [0.2, 0.25) is 0 Å². The standard InChI is InChI=1S/C20H22N4O/c1-12-6-8-17(10-13(12)2)24(5)20(25)23-16-7-9-18-19(11-16)22-15(4)14(3)21-18/h6-11H,1-5H3,(H,23,25). The Kier molecular flexibility index (Phi) is 4.40. The summed E-state index contributed by atoms with van der Waals surface area (Å²) in [5, 5.41) is 2.92. The molecule has 2 aromatic carbocycles. The third-order valence-electron chi connectivity index (χ3n) is 4.51. The summed E-state index contributed by atoms with van der Waals surface area (Å²) < 4.78 is 0. The molecule has 0 aliphatic rings. The number of nitrogens with zero attached hydrogens (tertiary/aromatic N) is 3. The molecule has 0 aliphatic heterocycles. The van der Waals surface area contributed by atoms with Gasteiger partial charge in [-0.25, -0.2) is 14.8 Å². The summed E-state index contributed by atoms with van der Waals surface area (Å²) in [5.74, 6) is 0. The highest BCUT2D eigenvalue weighted by Gasteiger charge is 2.12. The molecule has 5 nitrogen and oxygen atoms in total. The van der Waals surface area contributed by atoms with Gasteiger partial charge in [-0.2, -0.15) is 0 Å². The molecule has 1 aromatic heterocycles. The summed E-state index contributed by atoms with van der Waals surface area (Å²) in [4.78, 5) is 23.2. The van der Waals surface area contributed by atoms with Crippen molar-refractivity contribution in [2.45, 2.75) is 27.7 Å². The molecule has 0 atom stereocenters. The van der Waals surface area contributed by atoms with Crippen LogP contribution in [0.1, 0.15) is 22.5 Å². The van der Waals surface area contributed by atoms with E-state index in [2.05, 4.69) is 22.2 Å². The number of carbonyl (C=O) groups excluding carboxylic acids is 1. The Balaban J connectivity index is 1.83.